The minimum Gasteiger partial charge on any atom is -0.345 e. The van der Waals surface area contributed by atoms with Gasteiger partial charge in [0.2, 0.25) is 0 Å². The lowest BCUT2D eigenvalue weighted by Gasteiger charge is -2.24. The van der Waals surface area contributed by atoms with Crippen LogP contribution < -0.4 is 5.32 Å². The van der Waals surface area contributed by atoms with E-state index in [4.69, 9.17) is 0 Å². The zero-order valence-corrected chi connectivity index (χ0v) is 12.7. The minimum atomic E-state index is 0. The molecule has 1 aromatic rings. The van der Waals surface area contributed by atoms with E-state index < -0.39 is 0 Å². The summed E-state index contributed by atoms with van der Waals surface area (Å²) in [5, 5.41) is 3.38. The summed E-state index contributed by atoms with van der Waals surface area (Å²) in [4.78, 5) is 13.6. The Morgan fingerprint density at radius 3 is 2.42 bits per heavy atom. The van der Waals surface area contributed by atoms with E-state index in [-0.39, 0.29) is 18.3 Å². The summed E-state index contributed by atoms with van der Waals surface area (Å²) < 4.78 is 0. The van der Waals surface area contributed by atoms with Gasteiger partial charge in [-0.15, -0.1) is 12.4 Å². The number of nitrogens with one attached hydrogen (secondary N) is 1. The molecule has 0 saturated carbocycles. The third-order valence-corrected chi connectivity index (χ3v) is 3.70. The van der Waals surface area contributed by atoms with E-state index in [1.807, 2.05) is 13.0 Å². The fraction of sp³-hybridized carbons (Fsp3) is 0.533. The molecule has 19 heavy (non-hydrogen) atoms. The van der Waals surface area contributed by atoms with Crippen molar-refractivity contribution in [2.24, 2.45) is 0 Å². The quantitative estimate of drug-likeness (QED) is 0.904. The van der Waals surface area contributed by atoms with Gasteiger partial charge in [-0.05, 0) is 56.0 Å². The maximum atomic E-state index is 12.0. The summed E-state index contributed by atoms with van der Waals surface area (Å²) >= 11 is 0. The van der Waals surface area contributed by atoms with Crippen LogP contribution in [0.1, 0.15) is 40.2 Å². The number of halogens is 1. The number of hydrogen-bond acceptors (Lipinski definition) is 2. The summed E-state index contributed by atoms with van der Waals surface area (Å²) in [5.41, 5.74) is 3.28. The van der Waals surface area contributed by atoms with Gasteiger partial charge in [-0.2, -0.15) is 0 Å². The molecule has 0 radical (unpaired) electrons. The molecular weight excluding hydrogens is 260 g/mol. The fourth-order valence-corrected chi connectivity index (χ4v) is 2.58. The van der Waals surface area contributed by atoms with E-state index >= 15 is 0 Å². The van der Waals surface area contributed by atoms with Crippen molar-refractivity contribution in [3.63, 3.8) is 0 Å². The number of benzene rings is 1. The summed E-state index contributed by atoms with van der Waals surface area (Å²) in [7, 11) is 3.59. The van der Waals surface area contributed by atoms with Gasteiger partial charge in [-0.25, -0.2) is 0 Å². The predicted octanol–water partition coefficient (Wildman–Crippen LogP) is 2.59. The molecule has 0 bridgehead atoms. The Morgan fingerprint density at radius 1 is 1.26 bits per heavy atom. The van der Waals surface area contributed by atoms with Crippen LogP contribution in [0, 0.1) is 6.92 Å². The van der Waals surface area contributed by atoms with Crippen molar-refractivity contribution in [3.05, 3.63) is 34.9 Å². The second-order valence-electron chi connectivity index (χ2n) is 5.30. The van der Waals surface area contributed by atoms with Crippen molar-refractivity contribution in [1.82, 2.24) is 10.2 Å². The highest BCUT2D eigenvalue weighted by Crippen LogP contribution is 2.27. The summed E-state index contributed by atoms with van der Waals surface area (Å²) in [6, 6.07) is 6.29. The first-order valence-corrected chi connectivity index (χ1v) is 6.62. The van der Waals surface area contributed by atoms with Crippen LogP contribution in [0.15, 0.2) is 18.2 Å². The zero-order valence-electron chi connectivity index (χ0n) is 11.9. The highest BCUT2D eigenvalue weighted by Gasteiger charge is 2.17. The van der Waals surface area contributed by atoms with E-state index in [1.165, 1.54) is 18.4 Å². The Bertz CT molecular complexity index is 440. The fourth-order valence-electron chi connectivity index (χ4n) is 2.58. The molecule has 1 heterocycles. The third-order valence-electron chi connectivity index (χ3n) is 3.70. The first-order chi connectivity index (χ1) is 8.59. The number of carbonyl (C=O) groups excluding carboxylic acids is 1. The molecule has 0 spiro atoms. The molecule has 1 saturated heterocycles. The standard InChI is InChI=1S/C15H22N2O.ClH/c1-11-10-13(12-6-8-16-9-7-12)4-5-14(11)15(18)17(2)3;/h4-5,10,12,16H,6-9H2,1-3H3;1H. The second-order valence-corrected chi connectivity index (χ2v) is 5.30. The van der Waals surface area contributed by atoms with Gasteiger partial charge < -0.3 is 10.2 Å². The summed E-state index contributed by atoms with van der Waals surface area (Å²) in [6.45, 7) is 4.23. The molecule has 2 rings (SSSR count). The van der Waals surface area contributed by atoms with Gasteiger partial charge in [0.05, 0.1) is 0 Å². The number of hydrogen-bond donors (Lipinski definition) is 1. The average Bonchev–Trinajstić information content (AvgIpc) is 2.38. The molecule has 0 unspecified atom stereocenters. The molecule has 1 fully saturated rings. The van der Waals surface area contributed by atoms with E-state index in [9.17, 15) is 4.79 Å². The highest BCUT2D eigenvalue weighted by atomic mass is 35.5. The van der Waals surface area contributed by atoms with Gasteiger partial charge >= 0.3 is 0 Å². The van der Waals surface area contributed by atoms with Gasteiger partial charge in [0.15, 0.2) is 0 Å². The van der Waals surface area contributed by atoms with Crippen LogP contribution in [0.2, 0.25) is 0 Å². The lowest BCUT2D eigenvalue weighted by Crippen LogP contribution is -2.27. The molecule has 0 aliphatic carbocycles. The first kappa shape index (κ1) is 16.0. The maximum absolute atomic E-state index is 12.0. The SMILES string of the molecule is Cc1cc(C2CCNCC2)ccc1C(=O)N(C)C.Cl. The number of rotatable bonds is 2. The first-order valence-electron chi connectivity index (χ1n) is 6.62. The third kappa shape index (κ3) is 3.71. The van der Waals surface area contributed by atoms with Crippen LogP contribution in [0.3, 0.4) is 0 Å². The Hall–Kier alpha value is -1.06. The Kier molecular flexibility index (Phi) is 5.83. The monoisotopic (exact) mass is 282 g/mol. The number of amides is 1. The van der Waals surface area contributed by atoms with Gasteiger partial charge in [-0.3, -0.25) is 4.79 Å². The molecule has 0 aromatic heterocycles. The molecule has 1 aliphatic heterocycles. The van der Waals surface area contributed by atoms with Crippen LogP contribution in [0.25, 0.3) is 0 Å². The van der Waals surface area contributed by atoms with E-state index in [1.54, 1.807) is 19.0 Å². The van der Waals surface area contributed by atoms with Crippen LogP contribution in [0.5, 0.6) is 0 Å². The van der Waals surface area contributed by atoms with Crippen LogP contribution in [-0.4, -0.2) is 38.0 Å². The van der Waals surface area contributed by atoms with Gasteiger partial charge in [0.25, 0.3) is 5.91 Å². The van der Waals surface area contributed by atoms with Crippen LogP contribution >= 0.6 is 12.4 Å². The maximum Gasteiger partial charge on any atom is 0.253 e. The van der Waals surface area contributed by atoms with Crippen molar-refractivity contribution in [3.8, 4) is 0 Å². The van der Waals surface area contributed by atoms with Gasteiger partial charge in [0, 0.05) is 19.7 Å². The predicted molar refractivity (Wildman–Crippen MR) is 81.3 cm³/mol. The molecule has 1 aliphatic rings. The summed E-state index contributed by atoms with van der Waals surface area (Å²) in [6.07, 6.45) is 2.39. The van der Waals surface area contributed by atoms with E-state index in [2.05, 4.69) is 17.4 Å². The minimum absolute atomic E-state index is 0. The molecule has 4 heteroatoms. The Morgan fingerprint density at radius 2 is 1.89 bits per heavy atom. The highest BCUT2D eigenvalue weighted by molar-refractivity contribution is 5.95. The number of piperidine rings is 1. The number of carbonyl (C=O) groups is 1. The lowest BCUT2D eigenvalue weighted by atomic mass is 9.88. The number of aryl methyl sites for hydroxylation is 1. The normalized spacial score (nSPS) is 15.7. The van der Waals surface area contributed by atoms with Gasteiger partial charge in [0.1, 0.15) is 0 Å². The Labute approximate surface area is 121 Å². The van der Waals surface area contributed by atoms with Crippen molar-refractivity contribution in [2.75, 3.05) is 27.2 Å². The number of nitrogens with zero attached hydrogens (tertiary/aromatic N) is 1. The largest absolute Gasteiger partial charge is 0.345 e. The average molecular weight is 283 g/mol. The molecule has 106 valence electrons. The topological polar surface area (TPSA) is 32.3 Å². The summed E-state index contributed by atoms with van der Waals surface area (Å²) in [5.74, 6) is 0.734. The molecule has 3 nitrogen and oxygen atoms in total. The zero-order chi connectivity index (χ0) is 13.1. The van der Waals surface area contributed by atoms with Crippen molar-refractivity contribution in [2.45, 2.75) is 25.7 Å². The van der Waals surface area contributed by atoms with E-state index in [0.717, 1.165) is 24.2 Å². The second kappa shape index (κ2) is 6.92. The molecule has 1 N–H and O–H groups in total. The van der Waals surface area contributed by atoms with Crippen molar-refractivity contribution in [1.29, 1.82) is 0 Å². The van der Waals surface area contributed by atoms with Crippen LogP contribution in [-0.2, 0) is 0 Å². The smallest absolute Gasteiger partial charge is 0.253 e. The molecule has 0 atom stereocenters. The van der Waals surface area contributed by atoms with E-state index in [0.29, 0.717) is 5.92 Å². The molecule has 1 amide bonds. The van der Waals surface area contributed by atoms with Crippen molar-refractivity contribution >= 4 is 18.3 Å². The van der Waals surface area contributed by atoms with Crippen molar-refractivity contribution < 1.29 is 4.79 Å². The van der Waals surface area contributed by atoms with Crippen LogP contribution in [0.4, 0.5) is 0 Å². The molecular formula is C15H23ClN2O. The van der Waals surface area contributed by atoms with Gasteiger partial charge in [-0.1, -0.05) is 12.1 Å². The lowest BCUT2D eigenvalue weighted by molar-refractivity contribution is 0.0827. The molecule has 1 aromatic carbocycles. The Balaban J connectivity index is 0.00000180.